The van der Waals surface area contributed by atoms with Crippen LogP contribution in [0.5, 0.6) is 0 Å². The summed E-state index contributed by atoms with van der Waals surface area (Å²) in [4.78, 5) is 2.38. The number of rotatable bonds is 4. The summed E-state index contributed by atoms with van der Waals surface area (Å²) in [6.07, 6.45) is 5.26. The summed E-state index contributed by atoms with van der Waals surface area (Å²) >= 11 is 0. The molecule has 18 heavy (non-hydrogen) atoms. The second-order valence-corrected chi connectivity index (χ2v) is 5.75. The third kappa shape index (κ3) is 2.61. The maximum absolute atomic E-state index is 5.85. The van der Waals surface area contributed by atoms with E-state index in [0.29, 0.717) is 5.54 Å². The molecule has 1 aromatic carbocycles. The Kier molecular flexibility index (Phi) is 3.81. The topological polar surface area (TPSA) is 41.3 Å². The Balaban J connectivity index is 2.08. The first-order valence-electron chi connectivity index (χ1n) is 6.81. The molecule has 3 N–H and O–H groups in total. The summed E-state index contributed by atoms with van der Waals surface area (Å²) in [5, 5.41) is 3.60. The van der Waals surface area contributed by atoms with Crippen LogP contribution >= 0.6 is 0 Å². The minimum atomic E-state index is 0.317. The van der Waals surface area contributed by atoms with Crippen molar-refractivity contribution in [3.63, 3.8) is 0 Å². The minimum absolute atomic E-state index is 0.317. The zero-order valence-corrected chi connectivity index (χ0v) is 11.8. The van der Waals surface area contributed by atoms with Crippen LogP contribution in [0.1, 0.15) is 31.2 Å². The van der Waals surface area contributed by atoms with E-state index in [0.717, 1.165) is 12.2 Å². The van der Waals surface area contributed by atoms with Crippen LogP contribution in [0.2, 0.25) is 0 Å². The first-order valence-corrected chi connectivity index (χ1v) is 6.81. The predicted octanol–water partition coefficient (Wildman–Crippen LogP) is 2.86. The summed E-state index contributed by atoms with van der Waals surface area (Å²) in [6.45, 7) is 3.13. The van der Waals surface area contributed by atoms with Gasteiger partial charge in [0.2, 0.25) is 0 Å². The molecule has 0 spiro atoms. The number of nitrogen functional groups attached to an aromatic ring is 1. The molecule has 3 heteroatoms. The van der Waals surface area contributed by atoms with Crippen LogP contribution in [0.15, 0.2) is 18.2 Å². The summed E-state index contributed by atoms with van der Waals surface area (Å²) in [5.41, 5.74) is 9.43. The molecule has 0 heterocycles. The number of nitrogens with zero attached hydrogens (tertiary/aromatic N) is 1. The zero-order valence-electron chi connectivity index (χ0n) is 11.8. The fourth-order valence-corrected chi connectivity index (χ4v) is 2.91. The lowest BCUT2D eigenvalue weighted by Crippen LogP contribution is -2.47. The minimum Gasteiger partial charge on any atom is -0.399 e. The van der Waals surface area contributed by atoms with Crippen LogP contribution in [-0.2, 0) is 0 Å². The number of nitrogens with one attached hydrogen (secondary N) is 1. The van der Waals surface area contributed by atoms with Gasteiger partial charge in [-0.15, -0.1) is 0 Å². The number of anilines is 2. The number of nitrogens with two attached hydrogens (primary N) is 1. The standard InChI is InChI=1S/C15H25N3/c1-12-6-7-13(16)10-14(12)17-11-15(18(2)3)8-4-5-9-15/h6-7,10,17H,4-5,8-9,11,16H2,1-3H3. The number of hydrogen-bond acceptors (Lipinski definition) is 3. The number of benzene rings is 1. The Hall–Kier alpha value is -1.22. The molecule has 100 valence electrons. The number of aryl methyl sites for hydroxylation is 1. The Morgan fingerprint density at radius 2 is 1.94 bits per heavy atom. The molecule has 0 radical (unpaired) electrons. The third-order valence-electron chi connectivity index (χ3n) is 4.35. The van der Waals surface area contributed by atoms with Gasteiger partial charge in [-0.3, -0.25) is 0 Å². The van der Waals surface area contributed by atoms with Gasteiger partial charge in [-0.1, -0.05) is 18.9 Å². The van der Waals surface area contributed by atoms with Crippen molar-refractivity contribution in [2.24, 2.45) is 0 Å². The molecule has 0 saturated heterocycles. The lowest BCUT2D eigenvalue weighted by Gasteiger charge is -2.37. The van der Waals surface area contributed by atoms with Crippen LogP contribution in [0, 0.1) is 6.92 Å². The highest BCUT2D eigenvalue weighted by molar-refractivity contribution is 5.59. The molecular formula is C15H25N3. The molecule has 1 aliphatic rings. The van der Waals surface area contributed by atoms with Crippen LogP contribution in [0.25, 0.3) is 0 Å². The van der Waals surface area contributed by atoms with E-state index in [-0.39, 0.29) is 0 Å². The van der Waals surface area contributed by atoms with Crippen LogP contribution in [-0.4, -0.2) is 31.1 Å². The highest BCUT2D eigenvalue weighted by Gasteiger charge is 2.35. The largest absolute Gasteiger partial charge is 0.399 e. The molecular weight excluding hydrogens is 222 g/mol. The maximum Gasteiger partial charge on any atom is 0.0391 e. The fourth-order valence-electron chi connectivity index (χ4n) is 2.91. The van der Waals surface area contributed by atoms with Gasteiger partial charge in [0.1, 0.15) is 0 Å². The van der Waals surface area contributed by atoms with E-state index >= 15 is 0 Å². The van der Waals surface area contributed by atoms with Gasteiger partial charge in [0.05, 0.1) is 0 Å². The van der Waals surface area contributed by atoms with E-state index < -0.39 is 0 Å². The van der Waals surface area contributed by atoms with Crippen molar-refractivity contribution in [2.75, 3.05) is 31.7 Å². The van der Waals surface area contributed by atoms with Crippen LogP contribution in [0.3, 0.4) is 0 Å². The lowest BCUT2D eigenvalue weighted by molar-refractivity contribution is 0.172. The molecule has 0 bridgehead atoms. The van der Waals surface area contributed by atoms with Crippen molar-refractivity contribution in [3.05, 3.63) is 23.8 Å². The van der Waals surface area contributed by atoms with Crippen molar-refractivity contribution in [1.82, 2.24) is 4.90 Å². The lowest BCUT2D eigenvalue weighted by atomic mass is 9.95. The Morgan fingerprint density at radius 3 is 2.56 bits per heavy atom. The van der Waals surface area contributed by atoms with E-state index in [1.165, 1.54) is 36.9 Å². The maximum atomic E-state index is 5.85. The highest BCUT2D eigenvalue weighted by Crippen LogP contribution is 2.34. The van der Waals surface area contributed by atoms with E-state index in [4.69, 9.17) is 5.73 Å². The summed E-state index contributed by atoms with van der Waals surface area (Å²) in [5.74, 6) is 0. The molecule has 3 nitrogen and oxygen atoms in total. The Labute approximate surface area is 110 Å². The van der Waals surface area contributed by atoms with E-state index in [1.54, 1.807) is 0 Å². The normalized spacial score (nSPS) is 18.2. The van der Waals surface area contributed by atoms with Crippen molar-refractivity contribution in [1.29, 1.82) is 0 Å². The van der Waals surface area contributed by atoms with Crippen molar-refractivity contribution >= 4 is 11.4 Å². The molecule has 0 amide bonds. The van der Waals surface area contributed by atoms with Crippen molar-refractivity contribution in [3.8, 4) is 0 Å². The van der Waals surface area contributed by atoms with Crippen LogP contribution < -0.4 is 11.1 Å². The van der Waals surface area contributed by atoms with Gasteiger partial charge in [0.15, 0.2) is 0 Å². The molecule has 0 unspecified atom stereocenters. The SMILES string of the molecule is Cc1ccc(N)cc1NCC1(N(C)C)CCCC1. The van der Waals surface area contributed by atoms with Gasteiger partial charge >= 0.3 is 0 Å². The quantitative estimate of drug-likeness (QED) is 0.804. The number of likely N-dealkylation sites (N-methyl/N-ethyl adjacent to an activating group) is 1. The first-order chi connectivity index (χ1) is 8.53. The third-order valence-corrected chi connectivity index (χ3v) is 4.35. The molecule has 2 rings (SSSR count). The summed E-state index contributed by atoms with van der Waals surface area (Å²) in [6, 6.07) is 6.07. The Morgan fingerprint density at radius 1 is 1.28 bits per heavy atom. The van der Waals surface area contributed by atoms with Crippen molar-refractivity contribution < 1.29 is 0 Å². The smallest absolute Gasteiger partial charge is 0.0391 e. The fraction of sp³-hybridized carbons (Fsp3) is 0.600. The predicted molar refractivity (Wildman–Crippen MR) is 79.0 cm³/mol. The van der Waals surface area contributed by atoms with Crippen molar-refractivity contribution in [2.45, 2.75) is 38.1 Å². The monoisotopic (exact) mass is 247 g/mol. The van der Waals surface area contributed by atoms with Gasteiger partial charge in [-0.05, 0) is 51.6 Å². The highest BCUT2D eigenvalue weighted by atomic mass is 15.2. The van der Waals surface area contributed by atoms with Gasteiger partial charge in [0.25, 0.3) is 0 Å². The van der Waals surface area contributed by atoms with E-state index in [2.05, 4.69) is 37.3 Å². The Bertz CT molecular complexity index is 406. The van der Waals surface area contributed by atoms with Gasteiger partial charge < -0.3 is 16.0 Å². The first kappa shape index (κ1) is 13.2. The summed E-state index contributed by atoms with van der Waals surface area (Å²) < 4.78 is 0. The van der Waals surface area contributed by atoms with Gasteiger partial charge in [-0.25, -0.2) is 0 Å². The second-order valence-electron chi connectivity index (χ2n) is 5.75. The van der Waals surface area contributed by atoms with Gasteiger partial charge in [-0.2, -0.15) is 0 Å². The van der Waals surface area contributed by atoms with Crippen LogP contribution in [0.4, 0.5) is 11.4 Å². The zero-order chi connectivity index (χ0) is 13.2. The molecule has 0 aromatic heterocycles. The summed E-state index contributed by atoms with van der Waals surface area (Å²) in [7, 11) is 4.39. The molecule has 1 saturated carbocycles. The van der Waals surface area contributed by atoms with E-state index in [9.17, 15) is 0 Å². The number of hydrogen-bond donors (Lipinski definition) is 2. The average Bonchev–Trinajstić information content (AvgIpc) is 2.80. The molecule has 0 aliphatic heterocycles. The molecule has 0 atom stereocenters. The van der Waals surface area contributed by atoms with Gasteiger partial charge in [0, 0.05) is 23.5 Å². The average molecular weight is 247 g/mol. The molecule has 1 aromatic rings. The second kappa shape index (κ2) is 5.19. The molecule has 1 aliphatic carbocycles. The van der Waals surface area contributed by atoms with E-state index in [1.807, 2.05) is 12.1 Å². The molecule has 1 fully saturated rings.